The summed E-state index contributed by atoms with van der Waals surface area (Å²) in [5.41, 5.74) is 0.924. The minimum absolute atomic E-state index is 0.406. The summed E-state index contributed by atoms with van der Waals surface area (Å²) in [6.45, 7) is 0. The number of hydrogen-bond acceptors (Lipinski definition) is 3. The van der Waals surface area contributed by atoms with Crippen molar-refractivity contribution in [3.63, 3.8) is 0 Å². The normalized spacial score (nSPS) is 11.0. The first-order valence-electron chi connectivity index (χ1n) is 5.04. The van der Waals surface area contributed by atoms with Crippen molar-refractivity contribution in [2.45, 2.75) is 0 Å². The fraction of sp³-hybridized carbons (Fsp3) is 0.182. The summed E-state index contributed by atoms with van der Waals surface area (Å²) in [7, 11) is 3.77. The van der Waals surface area contributed by atoms with E-state index in [0.29, 0.717) is 16.8 Å². The maximum absolute atomic E-state index is 5.81. The third kappa shape index (κ3) is 3.04. The number of halogens is 1. The molecule has 0 bridgehead atoms. The lowest BCUT2D eigenvalue weighted by atomic mass is 10.2. The van der Waals surface area contributed by atoms with Gasteiger partial charge in [-0.3, -0.25) is 5.10 Å². The highest BCUT2D eigenvalue weighted by atomic mass is 35.5. The van der Waals surface area contributed by atoms with Crippen molar-refractivity contribution in [3.8, 4) is 11.4 Å². The Kier molecular flexibility index (Phi) is 3.39. The monoisotopic (exact) mass is 249 g/mol. The molecule has 1 aromatic carbocycles. The van der Waals surface area contributed by atoms with Crippen molar-refractivity contribution in [1.29, 1.82) is 0 Å². The SMILES string of the molecule is CN(C)/C=N/c1n[nH]c(-c2ccc(Cl)cc2)n1. The average molecular weight is 250 g/mol. The molecule has 6 heteroatoms. The summed E-state index contributed by atoms with van der Waals surface area (Å²) in [4.78, 5) is 10.2. The molecule has 0 aliphatic heterocycles. The van der Waals surface area contributed by atoms with E-state index in [9.17, 15) is 0 Å². The van der Waals surface area contributed by atoms with Gasteiger partial charge in [0.15, 0.2) is 5.82 Å². The summed E-state index contributed by atoms with van der Waals surface area (Å²) < 4.78 is 0. The summed E-state index contributed by atoms with van der Waals surface area (Å²) in [5.74, 6) is 1.08. The lowest BCUT2D eigenvalue weighted by Crippen LogP contribution is -2.07. The van der Waals surface area contributed by atoms with E-state index in [2.05, 4.69) is 20.2 Å². The Balaban J connectivity index is 2.21. The molecule has 17 heavy (non-hydrogen) atoms. The zero-order valence-electron chi connectivity index (χ0n) is 9.55. The first-order chi connectivity index (χ1) is 8.15. The van der Waals surface area contributed by atoms with Crippen molar-refractivity contribution in [2.75, 3.05) is 14.1 Å². The number of nitrogens with zero attached hydrogens (tertiary/aromatic N) is 4. The Bertz CT molecular complexity index is 515. The van der Waals surface area contributed by atoms with Gasteiger partial charge in [-0.25, -0.2) is 4.99 Å². The van der Waals surface area contributed by atoms with Crippen LogP contribution in [0.2, 0.25) is 5.02 Å². The molecule has 1 aromatic heterocycles. The lowest BCUT2D eigenvalue weighted by molar-refractivity contribution is 0.642. The van der Waals surface area contributed by atoms with Crippen molar-refractivity contribution in [3.05, 3.63) is 29.3 Å². The van der Waals surface area contributed by atoms with Crippen LogP contribution < -0.4 is 0 Å². The van der Waals surface area contributed by atoms with E-state index < -0.39 is 0 Å². The molecule has 1 heterocycles. The Morgan fingerprint density at radius 1 is 1.29 bits per heavy atom. The van der Waals surface area contributed by atoms with E-state index in [0.717, 1.165) is 5.56 Å². The van der Waals surface area contributed by atoms with Crippen molar-refractivity contribution < 1.29 is 0 Å². The molecule has 0 aliphatic carbocycles. The second kappa shape index (κ2) is 4.97. The molecular weight excluding hydrogens is 238 g/mol. The van der Waals surface area contributed by atoms with Crippen LogP contribution >= 0.6 is 11.6 Å². The highest BCUT2D eigenvalue weighted by molar-refractivity contribution is 6.30. The fourth-order valence-corrected chi connectivity index (χ4v) is 1.34. The number of benzene rings is 1. The third-order valence-electron chi connectivity index (χ3n) is 2.00. The summed E-state index contributed by atoms with van der Waals surface area (Å²) in [5, 5.41) is 7.52. The number of aromatic nitrogens is 3. The molecule has 0 spiro atoms. The predicted molar refractivity (Wildman–Crippen MR) is 68.7 cm³/mol. The fourth-order valence-electron chi connectivity index (χ4n) is 1.21. The van der Waals surface area contributed by atoms with Gasteiger partial charge in [0.1, 0.15) is 0 Å². The topological polar surface area (TPSA) is 57.2 Å². The van der Waals surface area contributed by atoms with Crippen molar-refractivity contribution >= 4 is 23.9 Å². The molecule has 0 saturated heterocycles. The van der Waals surface area contributed by atoms with Crippen LogP contribution in [0, 0.1) is 0 Å². The summed E-state index contributed by atoms with van der Waals surface area (Å²) in [6, 6.07) is 7.37. The number of hydrogen-bond donors (Lipinski definition) is 1. The molecule has 0 amide bonds. The predicted octanol–water partition coefficient (Wildman–Crippen LogP) is 2.35. The molecule has 0 fully saturated rings. The smallest absolute Gasteiger partial charge is 0.269 e. The van der Waals surface area contributed by atoms with Crippen LogP contribution in [0.25, 0.3) is 11.4 Å². The maximum Gasteiger partial charge on any atom is 0.269 e. The van der Waals surface area contributed by atoms with Gasteiger partial charge in [-0.15, -0.1) is 5.10 Å². The second-order valence-corrected chi connectivity index (χ2v) is 4.14. The van der Waals surface area contributed by atoms with Gasteiger partial charge in [0.05, 0.1) is 6.34 Å². The molecule has 0 radical (unpaired) electrons. The van der Waals surface area contributed by atoms with Gasteiger partial charge in [0, 0.05) is 24.7 Å². The molecular formula is C11H12ClN5. The van der Waals surface area contributed by atoms with Gasteiger partial charge >= 0.3 is 0 Å². The maximum atomic E-state index is 5.81. The van der Waals surface area contributed by atoms with Crippen LogP contribution in [0.1, 0.15) is 0 Å². The van der Waals surface area contributed by atoms with E-state index in [1.807, 2.05) is 43.3 Å². The standard InChI is InChI=1S/C11H12ClN5/c1-17(2)7-13-11-14-10(15-16-11)8-3-5-9(12)6-4-8/h3-7H,1-2H3,(H,14,15,16)/b13-7+. The highest BCUT2D eigenvalue weighted by Gasteiger charge is 2.03. The first-order valence-corrected chi connectivity index (χ1v) is 5.42. The molecule has 5 nitrogen and oxygen atoms in total. The molecule has 2 rings (SSSR count). The van der Waals surface area contributed by atoms with Crippen molar-refractivity contribution in [1.82, 2.24) is 20.1 Å². The van der Waals surface area contributed by atoms with E-state index in [-0.39, 0.29) is 0 Å². The molecule has 0 saturated carbocycles. The molecule has 2 aromatic rings. The number of rotatable bonds is 3. The minimum Gasteiger partial charge on any atom is -0.369 e. The second-order valence-electron chi connectivity index (χ2n) is 3.70. The van der Waals surface area contributed by atoms with E-state index in [4.69, 9.17) is 11.6 Å². The Hall–Kier alpha value is -1.88. The van der Waals surface area contributed by atoms with E-state index in [1.54, 1.807) is 6.34 Å². The van der Waals surface area contributed by atoms with Gasteiger partial charge in [0.2, 0.25) is 0 Å². The number of aliphatic imine (C=N–C) groups is 1. The molecule has 0 aliphatic rings. The van der Waals surface area contributed by atoms with Gasteiger partial charge in [-0.2, -0.15) is 4.98 Å². The van der Waals surface area contributed by atoms with Crippen LogP contribution in [0.3, 0.4) is 0 Å². The van der Waals surface area contributed by atoms with Gasteiger partial charge in [-0.1, -0.05) is 11.6 Å². The number of H-pyrrole nitrogens is 1. The zero-order chi connectivity index (χ0) is 12.3. The molecule has 0 unspecified atom stereocenters. The Morgan fingerprint density at radius 2 is 2.00 bits per heavy atom. The van der Waals surface area contributed by atoms with Crippen molar-refractivity contribution in [2.24, 2.45) is 4.99 Å². The lowest BCUT2D eigenvalue weighted by Gasteiger charge is -1.99. The van der Waals surface area contributed by atoms with E-state index >= 15 is 0 Å². The summed E-state index contributed by atoms with van der Waals surface area (Å²) >= 11 is 5.81. The Morgan fingerprint density at radius 3 is 2.65 bits per heavy atom. The zero-order valence-corrected chi connectivity index (χ0v) is 10.3. The Labute approximate surface area is 104 Å². The molecule has 0 atom stereocenters. The van der Waals surface area contributed by atoms with E-state index in [1.165, 1.54) is 0 Å². The minimum atomic E-state index is 0.406. The molecule has 88 valence electrons. The highest BCUT2D eigenvalue weighted by Crippen LogP contribution is 2.19. The van der Waals surface area contributed by atoms with Gasteiger partial charge in [0.25, 0.3) is 5.95 Å². The first kappa shape index (κ1) is 11.6. The van der Waals surface area contributed by atoms with Crippen LogP contribution in [0.5, 0.6) is 0 Å². The van der Waals surface area contributed by atoms with Gasteiger partial charge < -0.3 is 4.90 Å². The van der Waals surface area contributed by atoms with Gasteiger partial charge in [-0.05, 0) is 24.3 Å². The average Bonchev–Trinajstić information content (AvgIpc) is 2.76. The number of nitrogens with one attached hydrogen (secondary N) is 1. The summed E-state index contributed by atoms with van der Waals surface area (Å²) in [6.07, 6.45) is 1.65. The van der Waals surface area contributed by atoms with Crippen LogP contribution in [-0.2, 0) is 0 Å². The quantitative estimate of drug-likeness (QED) is 0.671. The van der Waals surface area contributed by atoms with Crippen LogP contribution in [0.4, 0.5) is 5.95 Å². The van der Waals surface area contributed by atoms with Crippen LogP contribution in [0.15, 0.2) is 29.3 Å². The third-order valence-corrected chi connectivity index (χ3v) is 2.25. The number of aromatic amines is 1. The largest absolute Gasteiger partial charge is 0.369 e. The molecule has 1 N–H and O–H groups in total. The van der Waals surface area contributed by atoms with Crippen LogP contribution in [-0.4, -0.2) is 40.5 Å².